The summed E-state index contributed by atoms with van der Waals surface area (Å²) in [5.74, 6) is 1.12. The number of ether oxygens (including phenoxy) is 2. The normalized spacial score (nSPS) is 11.1. The summed E-state index contributed by atoms with van der Waals surface area (Å²) < 4.78 is 12.9. The Morgan fingerprint density at radius 1 is 1.29 bits per heavy atom. The first-order valence-electron chi connectivity index (χ1n) is 9.86. The Balaban J connectivity index is 1.71. The summed E-state index contributed by atoms with van der Waals surface area (Å²) in [4.78, 5) is 16.4. The molecule has 0 fully saturated rings. The molecule has 0 atom stereocenters. The molecule has 3 rings (SSSR count). The van der Waals surface area contributed by atoms with Crippen molar-refractivity contribution in [3.63, 3.8) is 0 Å². The van der Waals surface area contributed by atoms with Gasteiger partial charge in [0, 0.05) is 11.8 Å². The maximum absolute atomic E-state index is 12.5. The lowest BCUT2D eigenvalue weighted by Crippen LogP contribution is -2.11. The summed E-state index contributed by atoms with van der Waals surface area (Å²) in [5.41, 5.74) is 2.36. The highest BCUT2D eigenvalue weighted by molar-refractivity contribution is 6.32. The van der Waals surface area contributed by atoms with Crippen molar-refractivity contribution >= 4 is 29.3 Å². The van der Waals surface area contributed by atoms with E-state index in [1.165, 1.54) is 12.4 Å². The molecule has 0 bridgehead atoms. The van der Waals surface area contributed by atoms with E-state index >= 15 is 0 Å². The van der Waals surface area contributed by atoms with Crippen molar-refractivity contribution in [2.45, 2.75) is 20.4 Å². The molecular formula is C23H25ClN4O3. The maximum Gasteiger partial charge on any atom is 0.248 e. The third kappa shape index (κ3) is 6.33. The standard InChI is InChI=1S/C23H25ClN4O3/c1-16(2)13-31-23-19(24)10-17(11-21(23)30-3)8-9-22(29)27-20-7-5-4-6-18(20)12-28-15-25-14-26-28/h4-11,14-16H,12-13H2,1-3H3,(H,27,29). The summed E-state index contributed by atoms with van der Waals surface area (Å²) in [6, 6.07) is 11.1. The average molecular weight is 441 g/mol. The van der Waals surface area contributed by atoms with Gasteiger partial charge in [-0.05, 0) is 41.3 Å². The van der Waals surface area contributed by atoms with E-state index in [1.54, 1.807) is 36.3 Å². The first-order valence-corrected chi connectivity index (χ1v) is 10.2. The number of carbonyl (C=O) groups excluding carboxylic acids is 1. The van der Waals surface area contributed by atoms with Crippen molar-refractivity contribution in [2.24, 2.45) is 5.92 Å². The van der Waals surface area contributed by atoms with Gasteiger partial charge in [-0.2, -0.15) is 5.10 Å². The van der Waals surface area contributed by atoms with Crippen LogP contribution in [0.3, 0.4) is 0 Å². The molecule has 1 aromatic heterocycles. The number of hydrogen-bond acceptors (Lipinski definition) is 5. The van der Waals surface area contributed by atoms with Gasteiger partial charge in [-0.25, -0.2) is 9.67 Å². The van der Waals surface area contributed by atoms with Crippen LogP contribution in [-0.4, -0.2) is 34.4 Å². The highest BCUT2D eigenvalue weighted by Gasteiger charge is 2.12. The van der Waals surface area contributed by atoms with Crippen LogP contribution >= 0.6 is 11.6 Å². The first kappa shape index (κ1) is 22.4. The minimum atomic E-state index is -0.263. The smallest absolute Gasteiger partial charge is 0.248 e. The number of methoxy groups -OCH3 is 1. The zero-order valence-electron chi connectivity index (χ0n) is 17.7. The topological polar surface area (TPSA) is 78.3 Å². The minimum absolute atomic E-state index is 0.263. The molecule has 0 radical (unpaired) electrons. The molecule has 0 aliphatic rings. The number of carbonyl (C=O) groups is 1. The van der Waals surface area contributed by atoms with E-state index in [0.29, 0.717) is 41.3 Å². The van der Waals surface area contributed by atoms with Crippen LogP contribution in [0.5, 0.6) is 11.5 Å². The summed E-state index contributed by atoms with van der Waals surface area (Å²) in [7, 11) is 1.56. The van der Waals surface area contributed by atoms with Gasteiger partial charge in [-0.1, -0.05) is 43.6 Å². The van der Waals surface area contributed by atoms with E-state index in [0.717, 1.165) is 11.1 Å². The number of aromatic nitrogens is 3. The van der Waals surface area contributed by atoms with E-state index in [2.05, 4.69) is 29.2 Å². The van der Waals surface area contributed by atoms with Crippen molar-refractivity contribution in [3.05, 3.63) is 71.3 Å². The second-order valence-corrected chi connectivity index (χ2v) is 7.72. The van der Waals surface area contributed by atoms with E-state index in [-0.39, 0.29) is 5.91 Å². The minimum Gasteiger partial charge on any atom is -0.493 e. The molecule has 0 saturated heterocycles. The first-order chi connectivity index (χ1) is 15.0. The Labute approximate surface area is 186 Å². The lowest BCUT2D eigenvalue weighted by atomic mass is 10.1. The van der Waals surface area contributed by atoms with Gasteiger partial charge in [-0.3, -0.25) is 4.79 Å². The van der Waals surface area contributed by atoms with Crippen LogP contribution in [-0.2, 0) is 11.3 Å². The number of anilines is 1. The highest BCUT2D eigenvalue weighted by Crippen LogP contribution is 2.37. The van der Waals surface area contributed by atoms with Gasteiger partial charge in [-0.15, -0.1) is 0 Å². The molecule has 7 nitrogen and oxygen atoms in total. The quantitative estimate of drug-likeness (QED) is 0.489. The van der Waals surface area contributed by atoms with Crippen molar-refractivity contribution in [1.29, 1.82) is 0 Å². The molecule has 0 aliphatic heterocycles. The van der Waals surface area contributed by atoms with Crippen LogP contribution in [0.15, 0.2) is 55.1 Å². The Bertz CT molecular complexity index is 1050. The van der Waals surface area contributed by atoms with Crippen LogP contribution < -0.4 is 14.8 Å². The van der Waals surface area contributed by atoms with E-state index in [4.69, 9.17) is 21.1 Å². The monoisotopic (exact) mass is 440 g/mol. The van der Waals surface area contributed by atoms with Crippen LogP contribution in [0.1, 0.15) is 25.0 Å². The molecule has 0 saturated carbocycles. The molecule has 2 aromatic carbocycles. The summed E-state index contributed by atoms with van der Waals surface area (Å²) in [6.07, 6.45) is 6.23. The van der Waals surface area contributed by atoms with Crippen LogP contribution in [0.2, 0.25) is 5.02 Å². The predicted molar refractivity (Wildman–Crippen MR) is 122 cm³/mol. The second-order valence-electron chi connectivity index (χ2n) is 7.31. The predicted octanol–water partition coefficient (Wildman–Crippen LogP) is 4.68. The Hall–Kier alpha value is -3.32. The number of nitrogens with one attached hydrogen (secondary N) is 1. The fourth-order valence-electron chi connectivity index (χ4n) is 2.84. The summed E-state index contributed by atoms with van der Waals surface area (Å²) in [6.45, 7) is 5.15. The van der Waals surface area contributed by atoms with Gasteiger partial charge in [0.2, 0.25) is 5.91 Å². The van der Waals surface area contributed by atoms with Crippen LogP contribution in [0, 0.1) is 5.92 Å². The maximum atomic E-state index is 12.5. The molecule has 1 heterocycles. The number of benzene rings is 2. The molecule has 162 valence electrons. The number of rotatable bonds is 9. The van der Waals surface area contributed by atoms with E-state index < -0.39 is 0 Å². The van der Waals surface area contributed by atoms with Crippen LogP contribution in [0.4, 0.5) is 5.69 Å². The van der Waals surface area contributed by atoms with Gasteiger partial charge < -0.3 is 14.8 Å². The lowest BCUT2D eigenvalue weighted by Gasteiger charge is -2.14. The molecule has 8 heteroatoms. The van der Waals surface area contributed by atoms with Crippen LogP contribution in [0.25, 0.3) is 6.08 Å². The van der Waals surface area contributed by atoms with Crippen molar-refractivity contribution in [3.8, 4) is 11.5 Å². The Morgan fingerprint density at radius 2 is 2.10 bits per heavy atom. The number of amides is 1. The third-order valence-corrected chi connectivity index (χ3v) is 4.59. The van der Waals surface area contributed by atoms with Crippen molar-refractivity contribution in [1.82, 2.24) is 14.8 Å². The molecular weight excluding hydrogens is 416 g/mol. The van der Waals surface area contributed by atoms with Gasteiger partial charge >= 0.3 is 0 Å². The number of halogens is 1. The van der Waals surface area contributed by atoms with Gasteiger partial charge in [0.25, 0.3) is 0 Å². The summed E-state index contributed by atoms with van der Waals surface area (Å²) >= 11 is 6.38. The molecule has 0 unspecified atom stereocenters. The third-order valence-electron chi connectivity index (χ3n) is 4.31. The lowest BCUT2D eigenvalue weighted by molar-refractivity contribution is -0.111. The van der Waals surface area contributed by atoms with E-state index in [9.17, 15) is 4.79 Å². The number of para-hydroxylation sites is 1. The Morgan fingerprint density at radius 3 is 2.81 bits per heavy atom. The SMILES string of the molecule is COc1cc(C=CC(=O)Nc2ccccc2Cn2cncn2)cc(Cl)c1OCC(C)C. The van der Waals surface area contributed by atoms with Crippen molar-refractivity contribution < 1.29 is 14.3 Å². The number of nitrogens with zero attached hydrogens (tertiary/aromatic N) is 3. The largest absolute Gasteiger partial charge is 0.493 e. The summed E-state index contributed by atoms with van der Waals surface area (Å²) in [5, 5.41) is 7.44. The fraction of sp³-hybridized carbons (Fsp3) is 0.261. The average Bonchev–Trinajstić information content (AvgIpc) is 3.25. The molecule has 1 N–H and O–H groups in total. The van der Waals surface area contributed by atoms with Gasteiger partial charge in [0.1, 0.15) is 12.7 Å². The van der Waals surface area contributed by atoms with E-state index in [1.807, 2.05) is 24.3 Å². The molecule has 3 aromatic rings. The zero-order valence-corrected chi connectivity index (χ0v) is 18.5. The van der Waals surface area contributed by atoms with Gasteiger partial charge in [0.15, 0.2) is 11.5 Å². The molecule has 0 aliphatic carbocycles. The second kappa shape index (κ2) is 10.6. The highest BCUT2D eigenvalue weighted by atomic mass is 35.5. The molecule has 1 amide bonds. The number of hydrogen-bond donors (Lipinski definition) is 1. The Kier molecular flexibility index (Phi) is 7.67. The van der Waals surface area contributed by atoms with Crippen molar-refractivity contribution in [2.75, 3.05) is 19.0 Å². The van der Waals surface area contributed by atoms with Gasteiger partial charge in [0.05, 0.1) is 25.3 Å². The molecule has 31 heavy (non-hydrogen) atoms. The molecule has 0 spiro atoms. The zero-order chi connectivity index (χ0) is 22.2. The fourth-order valence-corrected chi connectivity index (χ4v) is 3.12.